The highest BCUT2D eigenvalue weighted by atomic mass is 16.5. The fraction of sp³-hybridized carbons (Fsp3) is 0.381. The van der Waals surface area contributed by atoms with Gasteiger partial charge >= 0.3 is 0 Å². The predicted molar refractivity (Wildman–Crippen MR) is 105 cm³/mol. The van der Waals surface area contributed by atoms with Gasteiger partial charge in [-0.1, -0.05) is 0 Å². The van der Waals surface area contributed by atoms with Gasteiger partial charge in [0.05, 0.1) is 18.9 Å². The van der Waals surface area contributed by atoms with Gasteiger partial charge < -0.3 is 23.8 Å². The summed E-state index contributed by atoms with van der Waals surface area (Å²) < 4.78 is 16.5. The highest BCUT2D eigenvalue weighted by Crippen LogP contribution is 2.29. The number of rotatable bonds is 9. The largest absolute Gasteiger partial charge is 0.550 e. The van der Waals surface area contributed by atoms with Crippen LogP contribution in [-0.2, 0) is 11.2 Å². The Balaban J connectivity index is 2.11. The van der Waals surface area contributed by atoms with Crippen LogP contribution < -0.4 is 20.0 Å². The Morgan fingerprint density at radius 2 is 1.97 bits per heavy atom. The lowest BCUT2D eigenvalue weighted by atomic mass is 10.1. The minimum absolute atomic E-state index is 0.0225. The summed E-state index contributed by atoms with van der Waals surface area (Å²) in [7, 11) is 1.51. The van der Waals surface area contributed by atoms with Gasteiger partial charge in [-0.05, 0) is 58.4 Å². The summed E-state index contributed by atoms with van der Waals surface area (Å²) in [5.41, 5.74) is 4.10. The van der Waals surface area contributed by atoms with E-state index in [2.05, 4.69) is 10.5 Å². The van der Waals surface area contributed by atoms with E-state index in [-0.39, 0.29) is 18.9 Å². The summed E-state index contributed by atoms with van der Waals surface area (Å²) in [6.07, 6.45) is 0.0797. The third-order valence-corrected chi connectivity index (χ3v) is 4.05. The van der Waals surface area contributed by atoms with Gasteiger partial charge in [-0.25, -0.2) is 5.43 Å². The van der Waals surface area contributed by atoms with Gasteiger partial charge in [0.2, 0.25) is 0 Å². The number of hydrogen-bond donors (Lipinski definition) is 1. The van der Waals surface area contributed by atoms with Crippen molar-refractivity contribution in [3.05, 3.63) is 46.9 Å². The van der Waals surface area contributed by atoms with Crippen molar-refractivity contribution in [1.29, 1.82) is 0 Å². The molecule has 156 valence electrons. The zero-order valence-electron chi connectivity index (χ0n) is 17.2. The van der Waals surface area contributed by atoms with Gasteiger partial charge in [-0.3, -0.25) is 4.79 Å². The number of amides is 1. The molecule has 0 radical (unpaired) electrons. The molecule has 1 aromatic carbocycles. The van der Waals surface area contributed by atoms with Crippen LogP contribution in [0.25, 0.3) is 0 Å². The number of hydrazone groups is 1. The number of ether oxygens (including phenoxy) is 2. The molecular weight excluding hydrogens is 376 g/mol. The fourth-order valence-corrected chi connectivity index (χ4v) is 2.67. The second-order valence-corrected chi connectivity index (χ2v) is 6.72. The monoisotopic (exact) mass is 401 g/mol. The molecule has 0 saturated heterocycles. The minimum atomic E-state index is -1.14. The van der Waals surface area contributed by atoms with Gasteiger partial charge in [0, 0.05) is 23.5 Å². The highest BCUT2D eigenvalue weighted by Gasteiger charge is 2.14. The first kappa shape index (κ1) is 22.0. The molecule has 1 aromatic heterocycles. The van der Waals surface area contributed by atoms with Gasteiger partial charge in [0.1, 0.15) is 11.5 Å². The summed E-state index contributed by atoms with van der Waals surface area (Å²) in [5.74, 6) is 0.571. The van der Waals surface area contributed by atoms with Crippen LogP contribution in [0.3, 0.4) is 0 Å². The van der Waals surface area contributed by atoms with E-state index in [1.54, 1.807) is 38.1 Å². The molecule has 2 aromatic rings. The topological polar surface area (TPSA) is 113 Å². The Labute approximate surface area is 169 Å². The Morgan fingerprint density at radius 3 is 2.59 bits per heavy atom. The van der Waals surface area contributed by atoms with Crippen molar-refractivity contribution in [1.82, 2.24) is 5.43 Å². The fourth-order valence-electron chi connectivity index (χ4n) is 2.67. The van der Waals surface area contributed by atoms with Crippen LogP contribution in [0.4, 0.5) is 0 Å². The number of nitrogens with zero attached hydrogens (tertiary/aromatic N) is 1. The second-order valence-electron chi connectivity index (χ2n) is 6.72. The van der Waals surface area contributed by atoms with E-state index in [4.69, 9.17) is 13.9 Å². The van der Waals surface area contributed by atoms with E-state index < -0.39 is 11.9 Å². The molecule has 8 nitrogen and oxygen atoms in total. The van der Waals surface area contributed by atoms with E-state index in [0.717, 1.165) is 0 Å². The molecule has 2 rings (SSSR count). The molecule has 8 heteroatoms. The van der Waals surface area contributed by atoms with Crippen molar-refractivity contribution >= 4 is 17.6 Å². The molecule has 0 fully saturated rings. The average molecular weight is 401 g/mol. The first-order chi connectivity index (χ1) is 13.7. The molecule has 0 spiro atoms. The number of aryl methyl sites for hydroxylation is 2. The molecule has 0 unspecified atom stereocenters. The summed E-state index contributed by atoms with van der Waals surface area (Å²) in [6.45, 7) is 7.27. The number of benzene rings is 1. The number of carbonyl (C=O) groups is 2. The van der Waals surface area contributed by atoms with Gasteiger partial charge in [-0.2, -0.15) is 5.10 Å². The zero-order valence-corrected chi connectivity index (χ0v) is 17.2. The third kappa shape index (κ3) is 6.10. The van der Waals surface area contributed by atoms with Gasteiger partial charge in [0.25, 0.3) is 5.91 Å². The van der Waals surface area contributed by atoms with Crippen molar-refractivity contribution in [2.75, 3.05) is 7.11 Å². The van der Waals surface area contributed by atoms with E-state index >= 15 is 0 Å². The highest BCUT2D eigenvalue weighted by molar-refractivity contribution is 6.01. The number of carbonyl (C=O) groups excluding carboxylic acids is 2. The Hall–Kier alpha value is -3.29. The predicted octanol–water partition coefficient (Wildman–Crippen LogP) is 2.22. The van der Waals surface area contributed by atoms with Crippen molar-refractivity contribution in [2.45, 2.75) is 46.6 Å². The average Bonchev–Trinajstić information content (AvgIpc) is 3.04. The zero-order chi connectivity index (χ0) is 21.6. The van der Waals surface area contributed by atoms with Crippen LogP contribution in [0.2, 0.25) is 0 Å². The van der Waals surface area contributed by atoms with E-state index in [9.17, 15) is 14.7 Å². The molecule has 1 amide bonds. The number of carboxylic acid groups (broad SMARTS) is 1. The van der Waals surface area contributed by atoms with Crippen LogP contribution in [-0.4, -0.2) is 30.8 Å². The molecule has 1 N–H and O–H groups in total. The van der Waals surface area contributed by atoms with Crippen LogP contribution in [0.5, 0.6) is 11.5 Å². The number of nitrogens with one attached hydrogen (secondary N) is 1. The third-order valence-electron chi connectivity index (χ3n) is 4.05. The van der Waals surface area contributed by atoms with E-state index in [1.165, 1.54) is 7.11 Å². The number of furan rings is 1. The van der Waals surface area contributed by atoms with Crippen molar-refractivity contribution in [2.24, 2.45) is 5.10 Å². The van der Waals surface area contributed by atoms with Crippen LogP contribution in [0.1, 0.15) is 54.6 Å². The van der Waals surface area contributed by atoms with E-state index in [0.29, 0.717) is 39.9 Å². The molecule has 0 aliphatic heterocycles. The molecule has 0 saturated carbocycles. The normalized spacial score (nSPS) is 11.4. The van der Waals surface area contributed by atoms with Crippen molar-refractivity contribution < 1.29 is 28.6 Å². The number of aliphatic carboxylic acids is 1. The maximum atomic E-state index is 12.4. The molecular formula is C21H25N2O6-. The van der Waals surface area contributed by atoms with Crippen LogP contribution in [0, 0.1) is 6.92 Å². The maximum Gasteiger partial charge on any atom is 0.271 e. The maximum absolute atomic E-state index is 12.4. The van der Waals surface area contributed by atoms with E-state index in [1.807, 2.05) is 13.8 Å². The molecule has 29 heavy (non-hydrogen) atoms. The summed E-state index contributed by atoms with van der Waals surface area (Å²) >= 11 is 0. The van der Waals surface area contributed by atoms with Gasteiger partial charge in [-0.15, -0.1) is 0 Å². The lowest BCUT2D eigenvalue weighted by Crippen LogP contribution is -2.22. The molecule has 0 aliphatic carbocycles. The SMILES string of the molecule is COc1cc(C(=O)N/N=C(/C)c2cc(CCC(=O)[O-])oc2C)ccc1OC(C)C. The molecule has 0 aliphatic rings. The summed E-state index contributed by atoms with van der Waals surface area (Å²) in [4.78, 5) is 23.0. The van der Waals surface area contributed by atoms with Gasteiger partial charge in [0.15, 0.2) is 11.5 Å². The lowest BCUT2D eigenvalue weighted by molar-refractivity contribution is -0.305. The first-order valence-electron chi connectivity index (χ1n) is 9.20. The smallest absolute Gasteiger partial charge is 0.271 e. The standard InChI is InChI=1S/C21H26N2O6/c1-12(2)28-18-8-6-15(10-19(18)27-5)21(26)23-22-13(3)17-11-16(29-14(17)4)7-9-20(24)25/h6,8,10-12H,7,9H2,1-5H3,(H,23,26)(H,24,25)/p-1/b22-13-. The number of hydrogen-bond acceptors (Lipinski definition) is 7. The number of carboxylic acids is 1. The lowest BCUT2D eigenvalue weighted by Gasteiger charge is -2.14. The van der Waals surface area contributed by atoms with Crippen molar-refractivity contribution in [3.8, 4) is 11.5 Å². The van der Waals surface area contributed by atoms with Crippen LogP contribution >= 0.6 is 0 Å². The molecule has 0 bridgehead atoms. The minimum Gasteiger partial charge on any atom is -0.550 e. The Morgan fingerprint density at radius 1 is 1.24 bits per heavy atom. The summed E-state index contributed by atoms with van der Waals surface area (Å²) in [5, 5.41) is 14.7. The van der Waals surface area contributed by atoms with Crippen molar-refractivity contribution in [3.63, 3.8) is 0 Å². The Bertz CT molecular complexity index is 914. The number of methoxy groups -OCH3 is 1. The summed E-state index contributed by atoms with van der Waals surface area (Å²) in [6, 6.07) is 6.60. The second kappa shape index (κ2) is 9.77. The molecule has 0 atom stereocenters. The van der Waals surface area contributed by atoms with Crippen LogP contribution in [0.15, 0.2) is 33.8 Å². The Kier molecular flexibility index (Phi) is 7.41. The quantitative estimate of drug-likeness (QED) is 0.509. The molecule has 1 heterocycles. The first-order valence-corrected chi connectivity index (χ1v) is 9.20.